The van der Waals surface area contributed by atoms with E-state index in [1.165, 1.54) is 48.5 Å². The van der Waals surface area contributed by atoms with Gasteiger partial charge >= 0.3 is 358 Å². The second-order valence-corrected chi connectivity index (χ2v) is 26.2. The van der Waals surface area contributed by atoms with Crippen LogP contribution in [-0.2, 0) is 56.4 Å². The molecule has 0 saturated heterocycles. The van der Waals surface area contributed by atoms with Gasteiger partial charge in [-0.25, -0.2) is 0 Å². The molecule has 0 spiro atoms. The van der Waals surface area contributed by atoms with Gasteiger partial charge in [-0.1, -0.05) is 0 Å². The molecule has 16 nitrogen and oxygen atoms in total. The van der Waals surface area contributed by atoms with Gasteiger partial charge in [-0.2, -0.15) is 0 Å². The van der Waals surface area contributed by atoms with Gasteiger partial charge in [0.2, 0.25) is 0 Å². The Kier molecular flexibility index (Phi) is 15.2. The molecule has 4 aromatic carbocycles. The fourth-order valence-corrected chi connectivity index (χ4v) is 11.8. The van der Waals surface area contributed by atoms with Crippen LogP contribution in [0.3, 0.4) is 0 Å². The molecule has 0 aromatic heterocycles. The Balaban J connectivity index is 2.05. The SMILES string of the molecule is CCCOc1c2cc([Se](=O)(=O)O)cc1Cc1cc([Se](=O)(=O)O)cc(c1OCCC)Cc1cc([Se](=O)(=O)O)cc(c1OCCC)Cc1cc([Se](=O)(=O)O)cc(c1OCCC)C2. The van der Waals surface area contributed by atoms with Crippen molar-refractivity contribution in [1.82, 2.24) is 0 Å². The molecule has 20 heteroatoms. The van der Waals surface area contributed by atoms with Crippen LogP contribution in [0.15, 0.2) is 48.5 Å². The Hall–Kier alpha value is -3.60. The summed E-state index contributed by atoms with van der Waals surface area (Å²) in [6.07, 6.45) is 0.785. The quantitative estimate of drug-likeness (QED) is 0.102. The number of ether oxygens (including phenoxy) is 4. The Labute approximate surface area is 355 Å². The zero-order chi connectivity index (χ0) is 44.2. The number of rotatable bonds is 16. The van der Waals surface area contributed by atoms with Gasteiger partial charge in [0, 0.05) is 0 Å². The van der Waals surface area contributed by atoms with E-state index < -0.39 is 70.0 Å². The maximum atomic E-state index is 12.9. The number of fused-ring (bicyclic) bond motifs is 8. The zero-order valence-corrected chi connectivity index (χ0v) is 40.3. The fourth-order valence-electron chi connectivity index (χ4n) is 6.91. The predicted molar refractivity (Wildman–Crippen MR) is 216 cm³/mol. The molecule has 0 amide bonds. The van der Waals surface area contributed by atoms with Gasteiger partial charge in [-0.3, -0.25) is 0 Å². The summed E-state index contributed by atoms with van der Waals surface area (Å²) in [6.45, 7) is 7.78. The second-order valence-electron chi connectivity index (χ2n) is 14.3. The first-order valence-electron chi connectivity index (χ1n) is 19.1. The van der Waals surface area contributed by atoms with Crippen molar-refractivity contribution >= 4 is 70.0 Å². The minimum atomic E-state index is -5.82. The van der Waals surface area contributed by atoms with Gasteiger partial charge < -0.3 is 0 Å². The monoisotopic (exact) mass is 1100 g/mol. The number of benzene rings is 4. The summed E-state index contributed by atoms with van der Waals surface area (Å²) in [6, 6.07) is 9.49. The molecule has 5 rings (SSSR count). The summed E-state index contributed by atoms with van der Waals surface area (Å²) in [7, 11) is 0. The van der Waals surface area contributed by atoms with Gasteiger partial charge in [0.1, 0.15) is 0 Å². The third-order valence-corrected chi connectivity index (χ3v) is 16.4. The molecule has 1 aliphatic rings. The van der Waals surface area contributed by atoms with Crippen LogP contribution in [0.1, 0.15) is 97.9 Å². The van der Waals surface area contributed by atoms with Crippen LogP contribution in [0.4, 0.5) is 0 Å². The van der Waals surface area contributed by atoms with Gasteiger partial charge in [-0.05, 0) is 0 Å². The molecule has 1 aliphatic carbocycles. The van der Waals surface area contributed by atoms with Crippen LogP contribution in [0.5, 0.6) is 23.0 Å². The molecule has 4 aromatic rings. The topological polar surface area (TPSA) is 254 Å². The van der Waals surface area contributed by atoms with Crippen LogP contribution < -0.4 is 36.8 Å². The Morgan fingerprint density at radius 2 is 0.500 bits per heavy atom. The molecular weight excluding hydrogens is 1050 g/mol. The van der Waals surface area contributed by atoms with Crippen molar-refractivity contribution in [2.45, 2.75) is 79.1 Å². The van der Waals surface area contributed by atoms with Crippen molar-refractivity contribution in [2.24, 2.45) is 0 Å². The first kappa shape index (κ1) is 47.4. The van der Waals surface area contributed by atoms with Crippen LogP contribution in [0.25, 0.3) is 0 Å². The van der Waals surface area contributed by atoms with E-state index in [0.29, 0.717) is 25.7 Å². The zero-order valence-electron chi connectivity index (χ0n) is 33.4. The van der Waals surface area contributed by atoms with E-state index in [-0.39, 0.29) is 120 Å². The van der Waals surface area contributed by atoms with E-state index in [1.54, 1.807) is 0 Å². The maximum absolute atomic E-state index is 12.9. The number of hydrogen-bond donors (Lipinski definition) is 4. The normalized spacial score (nSPS) is 13.5. The average molecular weight is 1100 g/mol. The van der Waals surface area contributed by atoms with E-state index in [9.17, 15) is 47.4 Å². The first-order valence-corrected chi connectivity index (χ1v) is 31.2. The Morgan fingerprint density at radius 3 is 0.617 bits per heavy atom. The molecule has 8 bridgehead atoms. The van der Waals surface area contributed by atoms with E-state index in [1.807, 2.05) is 27.7 Å². The molecule has 0 unspecified atom stereocenters. The minimum absolute atomic E-state index is 0.114. The molecular formula is C40H48O16Se4. The molecule has 4 N–H and O–H groups in total. The summed E-state index contributed by atoms with van der Waals surface area (Å²) in [5.41, 5.74) is 1.20. The van der Waals surface area contributed by atoms with Crippen LogP contribution in [0.2, 0.25) is 0 Å². The van der Waals surface area contributed by atoms with Crippen molar-refractivity contribution in [3.05, 3.63) is 93.0 Å². The van der Waals surface area contributed by atoms with Gasteiger partial charge in [0.25, 0.3) is 0 Å². The molecule has 60 heavy (non-hydrogen) atoms. The Bertz CT molecular complexity index is 2240. The third kappa shape index (κ3) is 11.4. The van der Waals surface area contributed by atoms with Gasteiger partial charge in [0.15, 0.2) is 0 Å². The second kappa shape index (κ2) is 19.2. The molecule has 0 heterocycles. The standard InChI is InChI=1S/C40H48O16Se4/c1-5-9-53-37-25-13-27-19-34(58(44,45)46)21-29(38(27)54-10-6-2)15-31-23-36(60(50,51)52)24-32(40(31)56-12-8-4)16-30-22-35(59(47,48)49)20-28(39(30)55-11-7-3)14-26(37)18-33(17-25)57(41,42)43/h17-24H,5-16H2,1-4H3,(H,41,42,43)(H,44,45,46)(H,47,48,49)(H,50,51,52). The van der Waals surface area contributed by atoms with Crippen molar-refractivity contribution in [1.29, 1.82) is 0 Å². The first-order chi connectivity index (χ1) is 28.1. The van der Waals surface area contributed by atoms with Crippen molar-refractivity contribution in [2.75, 3.05) is 26.4 Å². The molecule has 0 aliphatic heterocycles. The van der Waals surface area contributed by atoms with Crippen LogP contribution in [0, 0.1) is 0 Å². The van der Waals surface area contributed by atoms with Gasteiger partial charge in [-0.15, -0.1) is 0 Å². The summed E-state index contributed by atoms with van der Waals surface area (Å²) < 4.78 is 169. The van der Waals surface area contributed by atoms with E-state index in [0.717, 1.165) is 0 Å². The predicted octanol–water partition coefficient (Wildman–Crippen LogP) is 1.52. The van der Waals surface area contributed by atoms with Crippen LogP contribution in [-0.4, -0.2) is 95.3 Å². The average Bonchev–Trinajstić information content (AvgIpc) is 3.14. The van der Waals surface area contributed by atoms with Crippen molar-refractivity contribution < 1.29 is 66.4 Å². The third-order valence-electron chi connectivity index (χ3n) is 9.38. The molecule has 0 saturated carbocycles. The van der Waals surface area contributed by atoms with Crippen LogP contribution >= 0.6 is 0 Å². The summed E-state index contributed by atoms with van der Waals surface area (Å²) >= 11 is -23.3. The molecule has 0 fully saturated rings. The summed E-state index contributed by atoms with van der Waals surface area (Å²) in [4.78, 5) is 0. The summed E-state index contributed by atoms with van der Waals surface area (Å²) in [5, 5.41) is 0. The van der Waals surface area contributed by atoms with E-state index in [4.69, 9.17) is 18.9 Å². The summed E-state index contributed by atoms with van der Waals surface area (Å²) in [5.74, 6) is 0.530. The Morgan fingerprint density at radius 1 is 0.350 bits per heavy atom. The fraction of sp³-hybridized carbons (Fsp3) is 0.400. The van der Waals surface area contributed by atoms with E-state index >= 15 is 0 Å². The molecule has 328 valence electrons. The van der Waals surface area contributed by atoms with Crippen molar-refractivity contribution in [3.63, 3.8) is 0 Å². The van der Waals surface area contributed by atoms with E-state index in [2.05, 4.69) is 0 Å². The number of hydrogen-bond acceptors (Lipinski definition) is 12. The van der Waals surface area contributed by atoms with Crippen molar-refractivity contribution in [3.8, 4) is 23.0 Å². The molecule has 0 atom stereocenters. The molecule has 0 radical (unpaired) electrons. The van der Waals surface area contributed by atoms with Gasteiger partial charge in [0.05, 0.1) is 0 Å².